The highest BCUT2D eigenvalue weighted by atomic mass is 32.1. The van der Waals surface area contributed by atoms with Crippen molar-refractivity contribution in [2.75, 3.05) is 6.61 Å². The van der Waals surface area contributed by atoms with Crippen LogP contribution in [-0.4, -0.2) is 27.2 Å². The monoisotopic (exact) mass is 386 g/mol. The molecule has 1 unspecified atom stereocenters. The maximum atomic E-state index is 13.3. The number of carbonyl (C=O) groups is 1. The van der Waals surface area contributed by atoms with Crippen LogP contribution in [0.25, 0.3) is 21.3 Å². The number of hydrogen-bond acceptors (Lipinski definition) is 5. The number of thiophene rings is 1. The third-order valence-corrected chi connectivity index (χ3v) is 5.55. The summed E-state index contributed by atoms with van der Waals surface area (Å²) in [5.41, 5.74) is 1.39. The normalized spacial score (nSPS) is 12.3. The highest BCUT2D eigenvalue weighted by Crippen LogP contribution is 2.36. The number of carboxylic acid groups (broad SMARTS) is 1. The standard InChI is InChI=1S/C20H22N2O4S/c1-5-15(20(24)25)22-12(4)21-18-17(19(22)23)16(11(3)27-18)13-7-9-14(10-8-13)26-6-2/h7-10,15H,5-6H2,1-4H3,(H,24,25). The first-order valence-electron chi connectivity index (χ1n) is 8.87. The fourth-order valence-corrected chi connectivity index (χ4v) is 4.42. The smallest absolute Gasteiger partial charge is 0.326 e. The lowest BCUT2D eigenvalue weighted by atomic mass is 10.0. The third-order valence-electron chi connectivity index (χ3n) is 4.55. The molecule has 7 heteroatoms. The van der Waals surface area contributed by atoms with E-state index in [0.29, 0.717) is 29.1 Å². The Kier molecular flexibility index (Phi) is 5.32. The van der Waals surface area contributed by atoms with Crippen LogP contribution in [0, 0.1) is 13.8 Å². The van der Waals surface area contributed by atoms with Gasteiger partial charge in [0.15, 0.2) is 0 Å². The van der Waals surface area contributed by atoms with Crippen molar-refractivity contribution in [3.63, 3.8) is 0 Å². The molecule has 0 amide bonds. The number of nitrogens with zero attached hydrogens (tertiary/aromatic N) is 2. The quantitative estimate of drug-likeness (QED) is 0.687. The van der Waals surface area contributed by atoms with Gasteiger partial charge in [0.1, 0.15) is 22.4 Å². The summed E-state index contributed by atoms with van der Waals surface area (Å²) in [6, 6.07) is 6.64. The van der Waals surface area contributed by atoms with Crippen LogP contribution in [0.2, 0.25) is 0 Å². The maximum Gasteiger partial charge on any atom is 0.326 e. The molecule has 142 valence electrons. The summed E-state index contributed by atoms with van der Waals surface area (Å²) in [5.74, 6) is 0.154. The summed E-state index contributed by atoms with van der Waals surface area (Å²) in [5, 5.41) is 10.0. The number of carboxylic acids is 1. The minimum Gasteiger partial charge on any atom is -0.494 e. The Morgan fingerprint density at radius 1 is 1.26 bits per heavy atom. The number of benzene rings is 1. The number of aryl methyl sites for hydroxylation is 2. The van der Waals surface area contributed by atoms with Gasteiger partial charge in [-0.15, -0.1) is 11.3 Å². The van der Waals surface area contributed by atoms with Crippen molar-refractivity contribution < 1.29 is 14.6 Å². The van der Waals surface area contributed by atoms with Crippen LogP contribution < -0.4 is 10.3 Å². The van der Waals surface area contributed by atoms with E-state index >= 15 is 0 Å². The van der Waals surface area contributed by atoms with Crippen LogP contribution in [0.1, 0.15) is 37.0 Å². The Bertz CT molecular complexity index is 1050. The number of aromatic nitrogens is 2. The second-order valence-electron chi connectivity index (χ2n) is 6.27. The van der Waals surface area contributed by atoms with E-state index < -0.39 is 12.0 Å². The zero-order valence-electron chi connectivity index (χ0n) is 15.8. The Labute approximate surface area is 161 Å². The maximum absolute atomic E-state index is 13.3. The van der Waals surface area contributed by atoms with Crippen molar-refractivity contribution in [1.82, 2.24) is 9.55 Å². The average Bonchev–Trinajstić information content (AvgIpc) is 2.95. The van der Waals surface area contributed by atoms with Crippen molar-refractivity contribution in [1.29, 1.82) is 0 Å². The Morgan fingerprint density at radius 2 is 1.93 bits per heavy atom. The summed E-state index contributed by atoms with van der Waals surface area (Å²) in [7, 11) is 0. The van der Waals surface area contributed by atoms with E-state index in [1.165, 1.54) is 15.9 Å². The third kappa shape index (κ3) is 3.35. The Balaban J connectivity index is 2.27. The molecule has 6 nitrogen and oxygen atoms in total. The van der Waals surface area contributed by atoms with Crippen LogP contribution in [0.5, 0.6) is 5.75 Å². The predicted molar refractivity (Wildman–Crippen MR) is 107 cm³/mol. The molecule has 3 rings (SSSR count). The largest absolute Gasteiger partial charge is 0.494 e. The minimum atomic E-state index is -1.03. The lowest BCUT2D eigenvalue weighted by Gasteiger charge is -2.16. The van der Waals surface area contributed by atoms with Gasteiger partial charge < -0.3 is 9.84 Å². The van der Waals surface area contributed by atoms with Crippen LogP contribution in [0.3, 0.4) is 0 Å². The molecular formula is C20H22N2O4S. The molecule has 0 aliphatic carbocycles. The van der Waals surface area contributed by atoms with E-state index in [4.69, 9.17) is 4.74 Å². The zero-order chi connectivity index (χ0) is 19.7. The van der Waals surface area contributed by atoms with Gasteiger partial charge in [-0.3, -0.25) is 9.36 Å². The van der Waals surface area contributed by atoms with Gasteiger partial charge in [-0.25, -0.2) is 9.78 Å². The van der Waals surface area contributed by atoms with E-state index in [1.807, 2.05) is 38.1 Å². The van der Waals surface area contributed by atoms with Crippen LogP contribution in [0.15, 0.2) is 29.1 Å². The van der Waals surface area contributed by atoms with Crippen LogP contribution >= 0.6 is 11.3 Å². The molecule has 0 aliphatic heterocycles. The van der Waals surface area contributed by atoms with Gasteiger partial charge in [-0.2, -0.15) is 0 Å². The molecule has 0 bridgehead atoms. The molecule has 0 saturated heterocycles. The van der Waals surface area contributed by atoms with E-state index in [0.717, 1.165) is 21.8 Å². The van der Waals surface area contributed by atoms with E-state index in [9.17, 15) is 14.7 Å². The molecule has 3 aromatic rings. The van der Waals surface area contributed by atoms with Gasteiger partial charge in [0, 0.05) is 10.4 Å². The van der Waals surface area contributed by atoms with Crippen LogP contribution in [0.4, 0.5) is 0 Å². The molecule has 0 spiro atoms. The number of fused-ring (bicyclic) bond motifs is 1. The molecule has 0 radical (unpaired) electrons. The lowest BCUT2D eigenvalue weighted by Crippen LogP contribution is -2.32. The van der Waals surface area contributed by atoms with Crippen molar-refractivity contribution in [2.24, 2.45) is 0 Å². The second-order valence-corrected chi connectivity index (χ2v) is 7.47. The summed E-state index contributed by atoms with van der Waals surface area (Å²) in [6.45, 7) is 7.89. The summed E-state index contributed by atoms with van der Waals surface area (Å²) >= 11 is 1.45. The molecule has 27 heavy (non-hydrogen) atoms. The summed E-state index contributed by atoms with van der Waals surface area (Å²) in [4.78, 5) is 31.0. The van der Waals surface area contributed by atoms with Gasteiger partial charge in [-0.05, 0) is 44.9 Å². The highest BCUT2D eigenvalue weighted by molar-refractivity contribution is 7.19. The van der Waals surface area contributed by atoms with E-state index in [-0.39, 0.29) is 5.56 Å². The molecule has 0 saturated carbocycles. The fraction of sp³-hybridized carbons (Fsp3) is 0.350. The van der Waals surface area contributed by atoms with Crippen molar-refractivity contribution in [2.45, 2.75) is 40.2 Å². The van der Waals surface area contributed by atoms with E-state index in [1.54, 1.807) is 13.8 Å². The summed E-state index contributed by atoms with van der Waals surface area (Å²) in [6.07, 6.45) is 0.310. The molecule has 1 aromatic carbocycles. The first kappa shape index (κ1) is 19.1. The number of ether oxygens (including phenoxy) is 1. The predicted octanol–water partition coefficient (Wildman–Crippen LogP) is 4.18. The second kappa shape index (κ2) is 7.52. The topological polar surface area (TPSA) is 81.4 Å². The van der Waals surface area contributed by atoms with Crippen LogP contribution in [-0.2, 0) is 4.79 Å². The average molecular weight is 386 g/mol. The van der Waals surface area contributed by atoms with Gasteiger partial charge in [0.25, 0.3) is 5.56 Å². The molecule has 2 aromatic heterocycles. The fourth-order valence-electron chi connectivity index (χ4n) is 3.34. The first-order valence-corrected chi connectivity index (χ1v) is 9.68. The number of hydrogen-bond donors (Lipinski definition) is 1. The minimum absolute atomic E-state index is 0.306. The SMILES string of the molecule is CCOc1ccc(-c2c(C)sc3nc(C)n(C(CC)C(=O)O)c(=O)c23)cc1. The summed E-state index contributed by atoms with van der Waals surface area (Å²) < 4.78 is 6.79. The lowest BCUT2D eigenvalue weighted by molar-refractivity contribution is -0.141. The Morgan fingerprint density at radius 3 is 2.48 bits per heavy atom. The number of aliphatic carboxylic acids is 1. The van der Waals surface area contributed by atoms with Gasteiger partial charge in [0.2, 0.25) is 0 Å². The van der Waals surface area contributed by atoms with Crippen molar-refractivity contribution in [3.8, 4) is 16.9 Å². The molecule has 0 aliphatic rings. The Hall–Kier alpha value is -2.67. The number of rotatable bonds is 6. The van der Waals surface area contributed by atoms with E-state index in [2.05, 4.69) is 4.98 Å². The molecular weight excluding hydrogens is 364 g/mol. The molecule has 1 atom stereocenters. The molecule has 0 fully saturated rings. The molecule has 1 N–H and O–H groups in total. The van der Waals surface area contributed by atoms with Gasteiger partial charge in [0.05, 0.1) is 12.0 Å². The van der Waals surface area contributed by atoms with Gasteiger partial charge >= 0.3 is 5.97 Å². The van der Waals surface area contributed by atoms with Crippen molar-refractivity contribution in [3.05, 3.63) is 45.3 Å². The highest BCUT2D eigenvalue weighted by Gasteiger charge is 2.25. The zero-order valence-corrected chi connectivity index (χ0v) is 16.6. The van der Waals surface area contributed by atoms with Crippen molar-refractivity contribution >= 4 is 27.5 Å². The first-order chi connectivity index (χ1) is 12.9. The van der Waals surface area contributed by atoms with Gasteiger partial charge in [-0.1, -0.05) is 19.1 Å². The molecule has 2 heterocycles.